The van der Waals surface area contributed by atoms with Gasteiger partial charge in [-0.1, -0.05) is 146 Å². The van der Waals surface area contributed by atoms with E-state index in [0.29, 0.717) is 5.84 Å². The minimum absolute atomic E-state index is 0.359. The molecule has 1 aliphatic heterocycles. The van der Waals surface area contributed by atoms with Crippen LogP contribution in [0, 0.1) is 0 Å². The summed E-state index contributed by atoms with van der Waals surface area (Å²) in [6.45, 7) is 0. The van der Waals surface area contributed by atoms with Gasteiger partial charge < -0.3 is 5.32 Å². The first-order chi connectivity index (χ1) is 24.8. The molecule has 0 saturated heterocycles. The number of nitrogens with one attached hydrogen (secondary N) is 1. The highest BCUT2D eigenvalue weighted by Gasteiger charge is 2.24. The molecule has 0 fully saturated rings. The van der Waals surface area contributed by atoms with E-state index in [1.165, 1.54) is 37.7 Å². The van der Waals surface area contributed by atoms with Gasteiger partial charge in [0, 0.05) is 28.3 Å². The number of hydrogen-bond donors (Lipinski definition) is 1. The van der Waals surface area contributed by atoms with Crippen LogP contribution in [0.4, 0.5) is 0 Å². The Labute approximate surface area is 289 Å². The Kier molecular flexibility index (Phi) is 6.53. The number of nitrogens with zero attached hydrogens (tertiary/aromatic N) is 3. The lowest BCUT2D eigenvalue weighted by atomic mass is 9.95. The zero-order chi connectivity index (χ0) is 33.0. The second-order valence-corrected chi connectivity index (χ2v) is 12.8. The van der Waals surface area contributed by atoms with Crippen LogP contribution in [-0.4, -0.2) is 16.7 Å². The topological polar surface area (TPSA) is 49.6 Å². The highest BCUT2D eigenvalue weighted by Crippen LogP contribution is 2.35. The summed E-state index contributed by atoms with van der Waals surface area (Å²) in [5.74, 6) is 1.52. The lowest BCUT2D eigenvalue weighted by Gasteiger charge is -2.25. The molecule has 8 aromatic carbocycles. The molecule has 10 rings (SSSR count). The zero-order valence-corrected chi connectivity index (χ0v) is 27.1. The van der Waals surface area contributed by atoms with Gasteiger partial charge in [-0.05, 0) is 72.2 Å². The highest BCUT2D eigenvalue weighted by molar-refractivity contribution is 6.25. The number of benzene rings is 8. The predicted octanol–water partition coefficient (Wildman–Crippen LogP) is 11.0. The lowest BCUT2D eigenvalue weighted by molar-refractivity contribution is 0.675. The van der Waals surface area contributed by atoms with Gasteiger partial charge in [0.15, 0.2) is 5.84 Å². The van der Waals surface area contributed by atoms with Crippen molar-refractivity contribution in [3.63, 3.8) is 0 Å². The molecule has 0 saturated carbocycles. The van der Waals surface area contributed by atoms with Crippen LogP contribution in [0.1, 0.15) is 22.9 Å². The zero-order valence-electron chi connectivity index (χ0n) is 27.1. The molecule has 0 amide bonds. The van der Waals surface area contributed by atoms with Crippen molar-refractivity contribution in [2.24, 2.45) is 9.98 Å². The van der Waals surface area contributed by atoms with Crippen molar-refractivity contribution in [1.82, 2.24) is 10.3 Å². The van der Waals surface area contributed by atoms with Crippen LogP contribution in [0.2, 0.25) is 0 Å². The molecule has 0 aliphatic carbocycles. The molecular formula is C46H30N4. The maximum atomic E-state index is 5.36. The Bertz CT molecular complexity index is 2840. The minimum atomic E-state index is -0.359. The van der Waals surface area contributed by atoms with Crippen LogP contribution in [0.25, 0.3) is 65.1 Å². The molecule has 234 valence electrons. The smallest absolute Gasteiger partial charge is 0.160 e. The van der Waals surface area contributed by atoms with E-state index in [9.17, 15) is 0 Å². The highest BCUT2D eigenvalue weighted by atomic mass is 15.2. The monoisotopic (exact) mass is 638 g/mol. The van der Waals surface area contributed by atoms with E-state index in [4.69, 9.17) is 15.0 Å². The number of amidine groups is 2. The fraction of sp³-hybridized carbons (Fsp3) is 0.0217. The van der Waals surface area contributed by atoms with Gasteiger partial charge in [-0.25, -0.2) is 9.98 Å². The first-order valence-corrected chi connectivity index (χ1v) is 17.0. The van der Waals surface area contributed by atoms with Crippen molar-refractivity contribution >= 4 is 65.5 Å². The van der Waals surface area contributed by atoms with Crippen LogP contribution in [0.3, 0.4) is 0 Å². The summed E-state index contributed by atoms with van der Waals surface area (Å²) >= 11 is 0. The molecule has 1 N–H and O–H groups in total. The Hall–Kier alpha value is -6.65. The second-order valence-electron chi connectivity index (χ2n) is 12.8. The largest absolute Gasteiger partial charge is 0.344 e. The number of aromatic nitrogens is 1. The Morgan fingerprint density at radius 1 is 0.440 bits per heavy atom. The molecular weight excluding hydrogens is 609 g/mol. The molecule has 50 heavy (non-hydrogen) atoms. The van der Waals surface area contributed by atoms with Crippen molar-refractivity contribution in [2.75, 3.05) is 0 Å². The van der Waals surface area contributed by atoms with E-state index >= 15 is 0 Å². The number of aliphatic imine (C=N–C) groups is 2. The van der Waals surface area contributed by atoms with E-state index in [2.05, 4.69) is 169 Å². The third-order valence-corrected chi connectivity index (χ3v) is 9.95. The molecule has 9 aromatic rings. The van der Waals surface area contributed by atoms with Crippen molar-refractivity contribution in [1.29, 1.82) is 0 Å². The van der Waals surface area contributed by atoms with Crippen LogP contribution >= 0.6 is 0 Å². The van der Waals surface area contributed by atoms with Gasteiger partial charge in [-0.15, -0.1) is 0 Å². The number of fused-ring (bicyclic) bond motifs is 7. The van der Waals surface area contributed by atoms with Gasteiger partial charge in [0.1, 0.15) is 12.0 Å². The molecule has 4 heteroatoms. The van der Waals surface area contributed by atoms with Gasteiger partial charge in [0.2, 0.25) is 0 Å². The molecule has 1 atom stereocenters. The van der Waals surface area contributed by atoms with Gasteiger partial charge in [0.25, 0.3) is 0 Å². The third-order valence-electron chi connectivity index (χ3n) is 9.95. The molecule has 4 nitrogen and oxygen atoms in total. The summed E-state index contributed by atoms with van der Waals surface area (Å²) in [7, 11) is 0. The maximum Gasteiger partial charge on any atom is 0.160 e. The molecule has 1 aliphatic rings. The van der Waals surface area contributed by atoms with Crippen molar-refractivity contribution in [2.45, 2.75) is 6.17 Å². The summed E-state index contributed by atoms with van der Waals surface area (Å²) in [5, 5.41) is 15.6. The standard InChI is InChI=1S/C46H30N4/c1-6-16-36-29(11-1)25-26-47-43(36)30-21-23-31(24-22-30)44-48-45(41-27-32-12-2-4-14-34(32)37-17-7-9-19-39(37)41)50-46(49-44)42-28-33-13-3-5-15-35(33)38-18-8-10-20-40(38)42/h1-28,44H,(H,48,49,50). The van der Waals surface area contributed by atoms with Gasteiger partial charge in [-0.2, -0.15) is 0 Å². The number of hydrogen-bond acceptors (Lipinski definition) is 4. The Morgan fingerprint density at radius 3 is 1.62 bits per heavy atom. The first kappa shape index (κ1) is 28.4. The minimum Gasteiger partial charge on any atom is -0.344 e. The van der Waals surface area contributed by atoms with E-state index in [-0.39, 0.29) is 6.17 Å². The summed E-state index contributed by atoms with van der Waals surface area (Å²) in [6, 6.07) is 57.9. The Balaban J connectivity index is 1.17. The average molecular weight is 639 g/mol. The van der Waals surface area contributed by atoms with Crippen molar-refractivity contribution in [3.8, 4) is 11.3 Å². The van der Waals surface area contributed by atoms with Crippen molar-refractivity contribution in [3.05, 3.63) is 187 Å². The van der Waals surface area contributed by atoms with Crippen LogP contribution in [0.15, 0.2) is 180 Å². The van der Waals surface area contributed by atoms with Gasteiger partial charge in [0.05, 0.1) is 5.69 Å². The molecule has 0 bridgehead atoms. The van der Waals surface area contributed by atoms with E-state index in [0.717, 1.165) is 49.9 Å². The van der Waals surface area contributed by atoms with Crippen LogP contribution in [-0.2, 0) is 0 Å². The fourth-order valence-electron chi connectivity index (χ4n) is 7.54. The quantitative estimate of drug-likeness (QED) is 0.195. The lowest BCUT2D eigenvalue weighted by Crippen LogP contribution is -2.33. The normalized spacial score (nSPS) is 14.6. The van der Waals surface area contributed by atoms with Crippen LogP contribution < -0.4 is 5.32 Å². The molecule has 2 heterocycles. The average Bonchev–Trinajstić information content (AvgIpc) is 3.20. The van der Waals surface area contributed by atoms with E-state index < -0.39 is 0 Å². The molecule has 0 spiro atoms. The number of pyridine rings is 1. The van der Waals surface area contributed by atoms with E-state index in [1.54, 1.807) is 0 Å². The van der Waals surface area contributed by atoms with Gasteiger partial charge in [-0.3, -0.25) is 4.98 Å². The number of rotatable bonds is 4. The van der Waals surface area contributed by atoms with Crippen LogP contribution in [0.5, 0.6) is 0 Å². The summed E-state index contributed by atoms with van der Waals surface area (Å²) in [6.07, 6.45) is 1.53. The fourth-order valence-corrected chi connectivity index (χ4v) is 7.54. The summed E-state index contributed by atoms with van der Waals surface area (Å²) < 4.78 is 0. The molecule has 0 radical (unpaired) electrons. The third kappa shape index (κ3) is 4.65. The van der Waals surface area contributed by atoms with Crippen molar-refractivity contribution < 1.29 is 0 Å². The molecule has 1 aromatic heterocycles. The maximum absolute atomic E-state index is 5.36. The SMILES string of the molecule is c1ccc2c(-c3ccc(C4N=C(c5cc6ccccc6c6ccccc56)N=C(c5cc6ccccc6c6ccccc56)N4)cc3)nccc2c1. The first-order valence-electron chi connectivity index (χ1n) is 17.0. The summed E-state index contributed by atoms with van der Waals surface area (Å²) in [5.41, 5.74) is 5.17. The summed E-state index contributed by atoms with van der Waals surface area (Å²) in [4.78, 5) is 15.5. The predicted molar refractivity (Wildman–Crippen MR) is 209 cm³/mol. The van der Waals surface area contributed by atoms with E-state index in [1.807, 2.05) is 6.20 Å². The molecule has 1 unspecified atom stereocenters. The second kappa shape index (κ2) is 11.5. The van der Waals surface area contributed by atoms with Gasteiger partial charge >= 0.3 is 0 Å². The Morgan fingerprint density at radius 2 is 0.960 bits per heavy atom.